The first-order valence-electron chi connectivity index (χ1n) is 18.5. The van der Waals surface area contributed by atoms with Crippen molar-refractivity contribution in [3.8, 4) is 11.1 Å². The molecule has 3 aliphatic rings. The molecule has 2 atom stereocenters. The number of anilines is 2. The molecule has 1 amide bonds. The fourth-order valence-corrected chi connectivity index (χ4v) is 10.6. The molecule has 0 saturated heterocycles. The molecule has 2 fully saturated rings. The minimum atomic E-state index is -1.10. The Morgan fingerprint density at radius 2 is 1.81 bits per heavy atom. The number of fused-ring (bicyclic) bond motifs is 4. The van der Waals surface area contributed by atoms with E-state index in [1.807, 2.05) is 70.4 Å². The summed E-state index contributed by atoms with van der Waals surface area (Å²) in [5, 5.41) is 18.7. The van der Waals surface area contributed by atoms with E-state index < -0.39 is 5.97 Å². The summed E-state index contributed by atoms with van der Waals surface area (Å²) in [6.45, 7) is 7.69. The predicted molar refractivity (Wildman–Crippen MR) is 206 cm³/mol. The van der Waals surface area contributed by atoms with Crippen molar-refractivity contribution in [2.45, 2.75) is 71.1 Å². The van der Waals surface area contributed by atoms with E-state index in [-0.39, 0.29) is 22.6 Å². The van der Waals surface area contributed by atoms with Crippen molar-refractivity contribution in [1.82, 2.24) is 19.7 Å². The Bertz CT molecular complexity index is 2110. The molecule has 2 unspecified atom stereocenters. The number of rotatable bonds is 11. The number of aromatic nitrogens is 4. The van der Waals surface area contributed by atoms with Gasteiger partial charge in [-0.25, -0.2) is 14.8 Å². The molecule has 2 aromatic carbocycles. The number of ether oxygens (including phenoxy) is 2. The second-order valence-electron chi connectivity index (χ2n) is 15.6. The van der Waals surface area contributed by atoms with Crippen LogP contribution in [0.15, 0.2) is 67.0 Å². The van der Waals surface area contributed by atoms with E-state index in [0.29, 0.717) is 66.6 Å². The summed E-state index contributed by atoms with van der Waals surface area (Å²) >= 11 is 1.44. The summed E-state index contributed by atoms with van der Waals surface area (Å²) in [5.41, 5.74) is 4.58. The standard InChI is InChI=1S/C41H46N6O5S/c1-26-17-40(18-27(2)20-41(19-26,24-40)52-16-15-51-3)25-47-22-29(21-42-47)30-11-12-35(44-36(30)38(49)50)46-14-13-28-7-6-8-31(32(28)23-46)37(48)45-39-43-33-9-4-5-10-34(33)53-39/h4-12,21-22,26-27H,13-20,23-25H2,1-3H3,(H,49,50)(H,43,45,48). The van der Waals surface area contributed by atoms with Gasteiger partial charge in [-0.3, -0.25) is 14.8 Å². The Kier molecular flexibility index (Phi) is 9.54. The van der Waals surface area contributed by atoms with Crippen LogP contribution in [0.25, 0.3) is 21.3 Å². The third kappa shape index (κ3) is 7.19. The van der Waals surface area contributed by atoms with Gasteiger partial charge in [0.15, 0.2) is 10.8 Å². The number of benzene rings is 2. The molecule has 8 rings (SSSR count). The van der Waals surface area contributed by atoms with Crippen molar-refractivity contribution in [3.63, 3.8) is 0 Å². The molecule has 2 aliphatic carbocycles. The quantitative estimate of drug-likeness (QED) is 0.131. The van der Waals surface area contributed by atoms with E-state index in [1.165, 1.54) is 11.3 Å². The Morgan fingerprint density at radius 1 is 1.00 bits per heavy atom. The van der Waals surface area contributed by atoms with E-state index in [9.17, 15) is 14.7 Å². The summed E-state index contributed by atoms with van der Waals surface area (Å²) in [6, 6.07) is 17.3. The summed E-state index contributed by atoms with van der Waals surface area (Å²) in [6.07, 6.45) is 9.78. The predicted octanol–water partition coefficient (Wildman–Crippen LogP) is 7.71. The van der Waals surface area contributed by atoms with Crippen LogP contribution in [0.4, 0.5) is 10.9 Å². The van der Waals surface area contributed by atoms with Gasteiger partial charge < -0.3 is 19.5 Å². The maximum Gasteiger partial charge on any atom is 0.355 e. The molecule has 2 bridgehead atoms. The lowest BCUT2D eigenvalue weighted by atomic mass is 9.54. The van der Waals surface area contributed by atoms with E-state index >= 15 is 0 Å². The number of hydrogen-bond donors (Lipinski definition) is 2. The lowest BCUT2D eigenvalue weighted by molar-refractivity contribution is -0.168. The van der Waals surface area contributed by atoms with Gasteiger partial charge in [0, 0.05) is 49.6 Å². The molecular formula is C41H46N6O5S. The third-order valence-corrected chi connectivity index (χ3v) is 12.2. The van der Waals surface area contributed by atoms with E-state index in [0.717, 1.165) is 65.6 Å². The first-order valence-corrected chi connectivity index (χ1v) is 19.4. The number of carbonyl (C=O) groups excluding carboxylic acids is 1. The molecule has 12 heteroatoms. The second kappa shape index (κ2) is 14.3. The van der Waals surface area contributed by atoms with Crippen LogP contribution in [-0.4, -0.2) is 69.2 Å². The lowest BCUT2D eigenvalue weighted by Gasteiger charge is -2.56. The first kappa shape index (κ1) is 35.4. The van der Waals surface area contributed by atoms with Gasteiger partial charge in [-0.1, -0.05) is 49.4 Å². The smallest absolute Gasteiger partial charge is 0.355 e. The van der Waals surface area contributed by atoms with Crippen LogP contribution in [0.1, 0.15) is 77.9 Å². The van der Waals surface area contributed by atoms with Crippen molar-refractivity contribution >= 4 is 44.4 Å². The highest BCUT2D eigenvalue weighted by atomic mass is 32.1. The number of para-hydroxylation sites is 1. The molecule has 2 saturated carbocycles. The summed E-state index contributed by atoms with van der Waals surface area (Å²) in [5.74, 6) is 0.316. The minimum Gasteiger partial charge on any atom is -0.476 e. The zero-order valence-corrected chi connectivity index (χ0v) is 31.3. The zero-order valence-electron chi connectivity index (χ0n) is 30.5. The van der Waals surface area contributed by atoms with E-state index in [4.69, 9.17) is 19.6 Å². The van der Waals surface area contributed by atoms with Gasteiger partial charge in [0.1, 0.15) is 5.82 Å². The number of methoxy groups -OCH3 is 1. The highest BCUT2D eigenvalue weighted by Crippen LogP contribution is 2.57. The highest BCUT2D eigenvalue weighted by Gasteiger charge is 2.53. The van der Waals surface area contributed by atoms with Crippen LogP contribution in [-0.2, 0) is 29.0 Å². The molecule has 2 N–H and O–H groups in total. The van der Waals surface area contributed by atoms with Crippen LogP contribution in [0.2, 0.25) is 0 Å². The maximum atomic E-state index is 13.6. The SMILES string of the molecule is COCCOC12CC(C)CC(Cn3cc(-c4ccc(N5CCc6cccc(C(=O)Nc7nc8ccccc8s7)c6C5)nc4C(=O)O)cn3)(CC(C)C1)C2. The van der Waals surface area contributed by atoms with Crippen LogP contribution < -0.4 is 10.2 Å². The molecule has 4 heterocycles. The summed E-state index contributed by atoms with van der Waals surface area (Å²) < 4.78 is 14.9. The number of hydrogen-bond acceptors (Lipinski definition) is 9. The van der Waals surface area contributed by atoms with Gasteiger partial charge in [-0.05, 0) is 97.2 Å². The van der Waals surface area contributed by atoms with Crippen LogP contribution >= 0.6 is 11.3 Å². The van der Waals surface area contributed by atoms with Gasteiger partial charge >= 0.3 is 5.97 Å². The van der Waals surface area contributed by atoms with Crippen LogP contribution in [0.5, 0.6) is 0 Å². The summed E-state index contributed by atoms with van der Waals surface area (Å²) in [7, 11) is 1.71. The zero-order chi connectivity index (χ0) is 36.7. The molecule has 11 nitrogen and oxygen atoms in total. The Labute approximate surface area is 313 Å². The number of nitrogens with one attached hydrogen (secondary N) is 1. The van der Waals surface area contributed by atoms with Gasteiger partial charge in [0.2, 0.25) is 0 Å². The fraction of sp³-hybridized carbons (Fsp3) is 0.439. The normalized spacial score (nSPS) is 23.9. The number of amides is 1. The highest BCUT2D eigenvalue weighted by molar-refractivity contribution is 7.22. The number of pyridine rings is 1. The molecule has 0 radical (unpaired) electrons. The van der Waals surface area contributed by atoms with Crippen LogP contribution in [0.3, 0.4) is 0 Å². The van der Waals surface area contributed by atoms with Crippen molar-refractivity contribution < 1.29 is 24.2 Å². The average molecular weight is 735 g/mol. The number of nitrogens with zero attached hydrogens (tertiary/aromatic N) is 5. The first-order chi connectivity index (χ1) is 25.6. The number of carboxylic acids is 1. The van der Waals surface area contributed by atoms with Crippen molar-refractivity contribution in [2.24, 2.45) is 17.3 Å². The Hall–Kier alpha value is -4.65. The minimum absolute atomic E-state index is 0.0176. The molecular weight excluding hydrogens is 689 g/mol. The molecule has 5 aromatic rings. The van der Waals surface area contributed by atoms with Crippen molar-refractivity contribution in [2.75, 3.05) is 37.1 Å². The van der Waals surface area contributed by atoms with E-state index in [1.54, 1.807) is 13.3 Å². The number of carboxylic acid groups (broad SMARTS) is 1. The van der Waals surface area contributed by atoms with Crippen molar-refractivity contribution in [1.29, 1.82) is 0 Å². The van der Waals surface area contributed by atoms with Gasteiger partial charge in [0.25, 0.3) is 5.91 Å². The Balaban J connectivity index is 1.01. The monoisotopic (exact) mass is 734 g/mol. The van der Waals surface area contributed by atoms with Gasteiger partial charge in [0.05, 0.1) is 35.2 Å². The maximum absolute atomic E-state index is 13.6. The molecule has 0 spiro atoms. The molecule has 276 valence electrons. The third-order valence-electron chi connectivity index (χ3n) is 11.3. The molecule has 53 heavy (non-hydrogen) atoms. The van der Waals surface area contributed by atoms with Gasteiger partial charge in [-0.2, -0.15) is 5.10 Å². The number of thiazole rings is 1. The van der Waals surface area contributed by atoms with Gasteiger partial charge in [-0.15, -0.1) is 0 Å². The van der Waals surface area contributed by atoms with Crippen molar-refractivity contribution in [3.05, 3.63) is 89.4 Å². The summed E-state index contributed by atoms with van der Waals surface area (Å²) in [4.78, 5) is 37.6. The number of carbonyl (C=O) groups is 2. The fourth-order valence-electron chi connectivity index (χ4n) is 9.76. The second-order valence-corrected chi connectivity index (χ2v) is 16.6. The molecule has 3 aromatic heterocycles. The average Bonchev–Trinajstić information content (AvgIpc) is 3.76. The van der Waals surface area contributed by atoms with Crippen LogP contribution in [0, 0.1) is 17.3 Å². The topological polar surface area (TPSA) is 132 Å². The van der Waals surface area contributed by atoms with E-state index in [2.05, 4.69) is 24.1 Å². The Morgan fingerprint density at radius 3 is 2.58 bits per heavy atom. The largest absolute Gasteiger partial charge is 0.476 e. The number of aromatic carboxylic acids is 1. The lowest BCUT2D eigenvalue weighted by Crippen LogP contribution is -2.53. The molecule has 1 aliphatic heterocycles.